The molecule has 2 aromatic carbocycles. The molecule has 2 heterocycles. The molecule has 0 spiro atoms. The van der Waals surface area contributed by atoms with E-state index in [1.165, 1.54) is 0 Å². The fourth-order valence-electron chi connectivity index (χ4n) is 2.73. The summed E-state index contributed by atoms with van der Waals surface area (Å²) in [7, 11) is 0. The van der Waals surface area contributed by atoms with Crippen molar-refractivity contribution in [1.29, 1.82) is 0 Å². The Labute approximate surface area is 171 Å². The van der Waals surface area contributed by atoms with Gasteiger partial charge in [-0.1, -0.05) is 47.5 Å². The van der Waals surface area contributed by atoms with Gasteiger partial charge in [-0.2, -0.15) is 0 Å². The van der Waals surface area contributed by atoms with Gasteiger partial charge in [0.15, 0.2) is 0 Å². The second-order valence-corrected chi connectivity index (χ2v) is 6.88. The maximum absolute atomic E-state index is 5.96. The molecule has 8 heteroatoms. The van der Waals surface area contributed by atoms with Crippen LogP contribution in [-0.2, 0) is 0 Å². The molecule has 4 aromatic rings. The maximum Gasteiger partial charge on any atom is 0.221 e. The smallest absolute Gasteiger partial charge is 0.221 e. The van der Waals surface area contributed by atoms with E-state index in [9.17, 15) is 0 Å². The summed E-state index contributed by atoms with van der Waals surface area (Å²) < 4.78 is 0. The third kappa shape index (κ3) is 3.88. The van der Waals surface area contributed by atoms with Crippen LogP contribution in [0.25, 0.3) is 33.9 Å². The van der Waals surface area contributed by atoms with Crippen LogP contribution in [0.15, 0.2) is 60.7 Å². The van der Waals surface area contributed by atoms with Gasteiger partial charge >= 0.3 is 0 Å². The molecule has 138 valence electrons. The Balaban J connectivity index is 1.80. The fourth-order valence-corrected chi connectivity index (χ4v) is 2.98. The van der Waals surface area contributed by atoms with Crippen LogP contribution in [0.4, 0.5) is 11.9 Å². The Kier molecular flexibility index (Phi) is 4.81. The zero-order chi connectivity index (χ0) is 19.7. The normalized spacial score (nSPS) is 10.8. The molecule has 2 aromatic heterocycles. The molecule has 0 amide bonds. The topological polar surface area (TPSA) is 104 Å². The third-order valence-corrected chi connectivity index (χ3v) is 4.53. The highest BCUT2D eigenvalue weighted by Gasteiger charge is 2.12. The van der Waals surface area contributed by atoms with Gasteiger partial charge in [0.2, 0.25) is 11.9 Å². The second kappa shape index (κ2) is 7.42. The minimum absolute atomic E-state index is 0.132. The first kappa shape index (κ1) is 18.2. The van der Waals surface area contributed by atoms with Crippen LogP contribution in [-0.4, -0.2) is 19.9 Å². The molecule has 0 fully saturated rings. The molecule has 0 aliphatic rings. The number of benzene rings is 2. The third-order valence-electron chi connectivity index (χ3n) is 4.03. The molecule has 28 heavy (non-hydrogen) atoms. The molecule has 6 nitrogen and oxygen atoms in total. The summed E-state index contributed by atoms with van der Waals surface area (Å²) in [5.41, 5.74) is 16.0. The van der Waals surface area contributed by atoms with E-state index in [2.05, 4.69) is 19.9 Å². The number of hydrogen-bond donors (Lipinski definition) is 2. The quantitative estimate of drug-likeness (QED) is 0.507. The Hall–Kier alpha value is -3.22. The number of nitrogen functional groups attached to an aromatic ring is 2. The summed E-state index contributed by atoms with van der Waals surface area (Å²) in [6.07, 6.45) is 0. The number of rotatable bonds is 3. The number of aromatic nitrogens is 4. The lowest BCUT2D eigenvalue weighted by Crippen LogP contribution is -2.02. The van der Waals surface area contributed by atoms with Crippen LogP contribution >= 0.6 is 23.2 Å². The Bertz CT molecular complexity index is 1050. The van der Waals surface area contributed by atoms with Gasteiger partial charge < -0.3 is 11.5 Å². The van der Waals surface area contributed by atoms with Crippen LogP contribution in [0, 0.1) is 0 Å². The van der Waals surface area contributed by atoms with Crippen molar-refractivity contribution in [3.8, 4) is 33.9 Å². The molecule has 0 saturated carbocycles. The minimum atomic E-state index is 0.132. The van der Waals surface area contributed by atoms with E-state index in [4.69, 9.17) is 34.7 Å². The van der Waals surface area contributed by atoms with Crippen molar-refractivity contribution in [1.82, 2.24) is 19.9 Å². The van der Waals surface area contributed by atoms with Crippen LogP contribution in [0.3, 0.4) is 0 Å². The highest BCUT2D eigenvalue weighted by molar-refractivity contribution is 6.30. The Morgan fingerprint density at radius 2 is 0.821 bits per heavy atom. The molecular formula is C20H14Cl2N6. The Morgan fingerprint density at radius 3 is 1.18 bits per heavy atom. The maximum atomic E-state index is 5.96. The van der Waals surface area contributed by atoms with E-state index in [0.717, 1.165) is 11.1 Å². The van der Waals surface area contributed by atoms with Crippen LogP contribution in [0.1, 0.15) is 0 Å². The van der Waals surface area contributed by atoms with Crippen molar-refractivity contribution in [3.05, 3.63) is 70.7 Å². The van der Waals surface area contributed by atoms with Crippen LogP contribution in [0.5, 0.6) is 0 Å². The summed E-state index contributed by atoms with van der Waals surface area (Å²) in [4.78, 5) is 17.2. The van der Waals surface area contributed by atoms with Gasteiger partial charge in [-0.3, -0.25) is 0 Å². The summed E-state index contributed by atoms with van der Waals surface area (Å²) in [6, 6.07) is 18.2. The van der Waals surface area contributed by atoms with E-state index in [0.29, 0.717) is 32.8 Å². The molecule has 4 N–H and O–H groups in total. The summed E-state index contributed by atoms with van der Waals surface area (Å²) in [6.45, 7) is 0. The average molecular weight is 409 g/mol. The van der Waals surface area contributed by atoms with Crippen molar-refractivity contribution in [2.45, 2.75) is 0 Å². The lowest BCUT2D eigenvalue weighted by molar-refractivity contribution is 1.14. The monoisotopic (exact) mass is 408 g/mol. The van der Waals surface area contributed by atoms with Crippen molar-refractivity contribution < 1.29 is 0 Å². The van der Waals surface area contributed by atoms with E-state index in [1.54, 1.807) is 36.4 Å². The first-order chi connectivity index (χ1) is 13.5. The van der Waals surface area contributed by atoms with Crippen molar-refractivity contribution in [2.24, 2.45) is 0 Å². The number of nitrogens with zero attached hydrogens (tertiary/aromatic N) is 4. The first-order valence-corrected chi connectivity index (χ1v) is 9.05. The van der Waals surface area contributed by atoms with Crippen LogP contribution in [0.2, 0.25) is 10.0 Å². The fraction of sp³-hybridized carbons (Fsp3) is 0. The van der Waals surface area contributed by atoms with Gasteiger partial charge in [0.1, 0.15) is 0 Å². The van der Waals surface area contributed by atoms with Gasteiger partial charge in [0, 0.05) is 21.2 Å². The molecule has 0 saturated heterocycles. The Morgan fingerprint density at radius 1 is 0.500 bits per heavy atom. The van der Waals surface area contributed by atoms with Gasteiger partial charge in [-0.25, -0.2) is 19.9 Å². The van der Waals surface area contributed by atoms with E-state index in [-0.39, 0.29) is 11.9 Å². The molecule has 0 bridgehead atoms. The highest BCUT2D eigenvalue weighted by Crippen LogP contribution is 2.28. The molecule has 0 atom stereocenters. The van der Waals surface area contributed by atoms with Crippen molar-refractivity contribution in [3.63, 3.8) is 0 Å². The van der Waals surface area contributed by atoms with E-state index >= 15 is 0 Å². The van der Waals surface area contributed by atoms with Crippen molar-refractivity contribution >= 4 is 35.1 Å². The van der Waals surface area contributed by atoms with E-state index < -0.39 is 0 Å². The van der Waals surface area contributed by atoms with Gasteiger partial charge in [0.05, 0.1) is 22.8 Å². The van der Waals surface area contributed by atoms with Crippen molar-refractivity contribution in [2.75, 3.05) is 11.5 Å². The molecule has 0 aliphatic heterocycles. The molecular weight excluding hydrogens is 395 g/mol. The zero-order valence-corrected chi connectivity index (χ0v) is 16.0. The molecule has 0 aliphatic carbocycles. The SMILES string of the molecule is Nc1nc(-c2ccc(Cl)cc2)cc(-c2cc(-c3ccc(Cl)cc3)nc(N)n2)n1. The lowest BCUT2D eigenvalue weighted by atomic mass is 10.1. The summed E-state index contributed by atoms with van der Waals surface area (Å²) in [5.74, 6) is 0.264. The van der Waals surface area contributed by atoms with Gasteiger partial charge in [-0.05, 0) is 36.4 Å². The molecule has 0 radical (unpaired) electrons. The summed E-state index contributed by atoms with van der Waals surface area (Å²) >= 11 is 11.9. The average Bonchev–Trinajstić information content (AvgIpc) is 2.68. The van der Waals surface area contributed by atoms with Crippen LogP contribution < -0.4 is 11.5 Å². The highest BCUT2D eigenvalue weighted by atomic mass is 35.5. The largest absolute Gasteiger partial charge is 0.368 e. The second-order valence-electron chi connectivity index (χ2n) is 6.01. The number of halogens is 2. The predicted molar refractivity (Wildman–Crippen MR) is 113 cm³/mol. The first-order valence-electron chi connectivity index (χ1n) is 8.29. The minimum Gasteiger partial charge on any atom is -0.368 e. The number of anilines is 2. The number of hydrogen-bond acceptors (Lipinski definition) is 6. The zero-order valence-electron chi connectivity index (χ0n) is 14.5. The standard InChI is InChI=1S/C20H14Cl2N6/c21-13-5-1-11(2-6-13)15-9-17(27-19(23)25-15)18-10-16(26-20(24)28-18)12-3-7-14(22)8-4-12/h1-10H,(H2,23,25,27)(H2,24,26,28). The predicted octanol–water partition coefficient (Wildman–Crippen LogP) is 4.74. The van der Waals surface area contributed by atoms with Gasteiger partial charge in [-0.15, -0.1) is 0 Å². The lowest BCUT2D eigenvalue weighted by Gasteiger charge is -2.08. The molecule has 0 unspecified atom stereocenters. The van der Waals surface area contributed by atoms with Gasteiger partial charge in [0.25, 0.3) is 0 Å². The molecule has 4 rings (SSSR count). The van der Waals surface area contributed by atoms with E-state index in [1.807, 2.05) is 24.3 Å². The summed E-state index contributed by atoms with van der Waals surface area (Å²) in [5, 5.41) is 1.28. The number of nitrogens with two attached hydrogens (primary N) is 2.